The van der Waals surface area contributed by atoms with E-state index < -0.39 is 0 Å². The van der Waals surface area contributed by atoms with Gasteiger partial charge in [-0.15, -0.1) is 6.58 Å². The normalized spacial score (nSPS) is 32.0. The Balaban J connectivity index is 2.14. The van der Waals surface area contributed by atoms with Gasteiger partial charge in [-0.3, -0.25) is 4.99 Å². The van der Waals surface area contributed by atoms with Crippen LogP contribution in [0.5, 0.6) is 0 Å². The van der Waals surface area contributed by atoms with Crippen molar-refractivity contribution in [2.24, 2.45) is 10.7 Å². The summed E-state index contributed by atoms with van der Waals surface area (Å²) in [5.74, 6) is 3.14. The molecule has 14 heavy (non-hydrogen) atoms. The zero-order valence-corrected chi connectivity index (χ0v) is 9.22. The van der Waals surface area contributed by atoms with E-state index in [0.29, 0.717) is 5.96 Å². The Morgan fingerprint density at radius 3 is 3.21 bits per heavy atom. The number of hydrogen-bond donors (Lipinski definition) is 1. The Morgan fingerprint density at radius 2 is 2.57 bits per heavy atom. The zero-order valence-electron chi connectivity index (χ0n) is 8.41. The van der Waals surface area contributed by atoms with Crippen LogP contribution in [-0.2, 0) is 0 Å². The molecule has 2 aliphatic rings. The first-order valence-corrected chi connectivity index (χ1v) is 6.20. The second kappa shape index (κ2) is 3.85. The summed E-state index contributed by atoms with van der Waals surface area (Å²) in [7, 11) is 0. The minimum atomic E-state index is 0.210. The Hall–Kier alpha value is -0.640. The number of rotatable bonds is 2. The smallest absolute Gasteiger partial charge is 0.192 e. The molecule has 1 unspecified atom stereocenters. The molecule has 1 saturated heterocycles. The lowest BCUT2D eigenvalue weighted by Crippen LogP contribution is -2.54. The second-order valence-electron chi connectivity index (χ2n) is 3.95. The average Bonchev–Trinajstić information content (AvgIpc) is 2.49. The van der Waals surface area contributed by atoms with Crippen molar-refractivity contribution in [3.05, 3.63) is 12.7 Å². The Kier molecular flexibility index (Phi) is 2.72. The lowest BCUT2D eigenvalue weighted by Gasteiger charge is -2.41. The van der Waals surface area contributed by atoms with Crippen molar-refractivity contribution < 1.29 is 0 Å². The van der Waals surface area contributed by atoms with Gasteiger partial charge in [0.05, 0.1) is 12.1 Å². The van der Waals surface area contributed by atoms with Crippen LogP contribution in [0.3, 0.4) is 0 Å². The van der Waals surface area contributed by atoms with E-state index in [1.54, 1.807) is 0 Å². The number of hydrogen-bond acceptors (Lipinski definition) is 4. The molecule has 2 N–H and O–H groups in total. The molecule has 0 aromatic rings. The van der Waals surface area contributed by atoms with E-state index in [9.17, 15) is 0 Å². The van der Waals surface area contributed by atoms with Gasteiger partial charge in [-0.05, 0) is 18.6 Å². The van der Waals surface area contributed by atoms with Crippen molar-refractivity contribution >= 4 is 17.7 Å². The van der Waals surface area contributed by atoms with Crippen LogP contribution in [0.2, 0.25) is 0 Å². The first kappa shape index (κ1) is 9.90. The molecule has 2 aliphatic heterocycles. The van der Waals surface area contributed by atoms with Crippen LogP contribution < -0.4 is 5.73 Å². The summed E-state index contributed by atoms with van der Waals surface area (Å²) in [5, 5.41) is 0. The molecule has 0 aliphatic carbocycles. The molecule has 2 rings (SSSR count). The standard InChI is InChI=1S/C10H17N3S/c1-2-5-13-9(11)12-7-10(13)4-3-6-14-8-10/h2H,1,3-8H2,(H2,11,12). The highest BCUT2D eigenvalue weighted by molar-refractivity contribution is 7.99. The molecule has 1 atom stereocenters. The molecular weight excluding hydrogens is 194 g/mol. The van der Waals surface area contributed by atoms with Crippen LogP contribution in [0.4, 0.5) is 0 Å². The first-order chi connectivity index (χ1) is 6.78. The van der Waals surface area contributed by atoms with Crippen molar-refractivity contribution in [3.63, 3.8) is 0 Å². The fourth-order valence-corrected chi connectivity index (χ4v) is 3.50. The van der Waals surface area contributed by atoms with Crippen LogP contribution >= 0.6 is 11.8 Å². The molecule has 1 fully saturated rings. The molecule has 0 saturated carbocycles. The fraction of sp³-hybridized carbons (Fsp3) is 0.700. The quantitative estimate of drug-likeness (QED) is 0.695. The van der Waals surface area contributed by atoms with E-state index in [1.165, 1.54) is 18.6 Å². The Labute approximate surface area is 89.4 Å². The Morgan fingerprint density at radius 1 is 1.71 bits per heavy atom. The van der Waals surface area contributed by atoms with Crippen molar-refractivity contribution in [2.45, 2.75) is 18.4 Å². The maximum atomic E-state index is 5.89. The van der Waals surface area contributed by atoms with Crippen molar-refractivity contribution in [2.75, 3.05) is 24.6 Å². The molecule has 4 heteroatoms. The van der Waals surface area contributed by atoms with E-state index in [4.69, 9.17) is 5.73 Å². The number of guanidine groups is 1. The predicted octanol–water partition coefficient (Wildman–Crippen LogP) is 1.07. The molecule has 0 aromatic carbocycles. The van der Waals surface area contributed by atoms with E-state index in [0.717, 1.165) is 18.8 Å². The van der Waals surface area contributed by atoms with Crippen molar-refractivity contribution in [1.29, 1.82) is 0 Å². The molecule has 0 amide bonds. The van der Waals surface area contributed by atoms with Crippen molar-refractivity contribution in [3.8, 4) is 0 Å². The minimum Gasteiger partial charge on any atom is -0.370 e. The summed E-state index contributed by atoms with van der Waals surface area (Å²) < 4.78 is 0. The number of nitrogens with zero attached hydrogens (tertiary/aromatic N) is 2. The maximum Gasteiger partial charge on any atom is 0.192 e. The Bertz CT molecular complexity index is 256. The molecule has 2 heterocycles. The largest absolute Gasteiger partial charge is 0.370 e. The van der Waals surface area contributed by atoms with Crippen molar-refractivity contribution in [1.82, 2.24) is 4.90 Å². The van der Waals surface area contributed by atoms with Crippen LogP contribution in [0, 0.1) is 0 Å². The van der Waals surface area contributed by atoms with E-state index >= 15 is 0 Å². The summed E-state index contributed by atoms with van der Waals surface area (Å²) in [6, 6.07) is 0. The number of aliphatic imine (C=N–C) groups is 1. The summed E-state index contributed by atoms with van der Waals surface area (Å²) in [6.45, 7) is 5.48. The molecular formula is C10H17N3S. The van der Waals surface area contributed by atoms with Gasteiger partial charge in [0.15, 0.2) is 5.96 Å². The van der Waals surface area contributed by atoms with Gasteiger partial charge >= 0.3 is 0 Å². The highest BCUT2D eigenvalue weighted by Crippen LogP contribution is 2.35. The van der Waals surface area contributed by atoms with Gasteiger partial charge in [0.2, 0.25) is 0 Å². The van der Waals surface area contributed by atoms with E-state index in [2.05, 4.69) is 16.5 Å². The SMILES string of the molecule is C=CCN1C(N)=NCC12CCCSC2. The molecule has 78 valence electrons. The molecule has 1 spiro atoms. The molecule has 0 bridgehead atoms. The monoisotopic (exact) mass is 211 g/mol. The van der Waals surface area contributed by atoms with Gasteiger partial charge in [0, 0.05) is 12.3 Å². The molecule has 0 radical (unpaired) electrons. The minimum absolute atomic E-state index is 0.210. The predicted molar refractivity (Wildman–Crippen MR) is 62.7 cm³/mol. The first-order valence-electron chi connectivity index (χ1n) is 5.05. The molecule has 0 aromatic heterocycles. The summed E-state index contributed by atoms with van der Waals surface area (Å²) >= 11 is 2.02. The summed E-state index contributed by atoms with van der Waals surface area (Å²) in [4.78, 5) is 6.60. The van der Waals surface area contributed by atoms with E-state index in [-0.39, 0.29) is 5.54 Å². The van der Waals surface area contributed by atoms with E-state index in [1.807, 2.05) is 17.8 Å². The van der Waals surface area contributed by atoms with Crippen LogP contribution in [0.25, 0.3) is 0 Å². The van der Waals surface area contributed by atoms with Gasteiger partial charge < -0.3 is 10.6 Å². The van der Waals surface area contributed by atoms with Gasteiger partial charge in [-0.25, -0.2) is 0 Å². The average molecular weight is 211 g/mol. The van der Waals surface area contributed by atoms with Crippen LogP contribution in [0.15, 0.2) is 17.6 Å². The van der Waals surface area contributed by atoms with Gasteiger partial charge in [0.25, 0.3) is 0 Å². The number of thioether (sulfide) groups is 1. The highest BCUT2D eigenvalue weighted by atomic mass is 32.2. The lowest BCUT2D eigenvalue weighted by molar-refractivity contribution is 0.225. The maximum absolute atomic E-state index is 5.89. The fourth-order valence-electron chi connectivity index (χ4n) is 2.23. The third kappa shape index (κ3) is 1.52. The summed E-state index contributed by atoms with van der Waals surface area (Å²) in [5.41, 5.74) is 6.10. The van der Waals surface area contributed by atoms with Crippen LogP contribution in [-0.4, -0.2) is 41.0 Å². The van der Waals surface area contributed by atoms with Gasteiger partial charge in [-0.2, -0.15) is 11.8 Å². The third-order valence-electron chi connectivity index (χ3n) is 3.00. The third-order valence-corrected chi connectivity index (χ3v) is 4.32. The van der Waals surface area contributed by atoms with Crippen LogP contribution in [0.1, 0.15) is 12.8 Å². The second-order valence-corrected chi connectivity index (χ2v) is 5.06. The topological polar surface area (TPSA) is 41.6 Å². The summed E-state index contributed by atoms with van der Waals surface area (Å²) in [6.07, 6.45) is 4.41. The van der Waals surface area contributed by atoms with Gasteiger partial charge in [-0.1, -0.05) is 6.08 Å². The molecule has 3 nitrogen and oxygen atoms in total. The van der Waals surface area contributed by atoms with Gasteiger partial charge in [0.1, 0.15) is 0 Å². The highest BCUT2D eigenvalue weighted by Gasteiger charge is 2.42. The number of nitrogens with two attached hydrogens (primary N) is 1. The zero-order chi connectivity index (χ0) is 10.0. The lowest BCUT2D eigenvalue weighted by atomic mass is 9.94.